The van der Waals surface area contributed by atoms with Crippen LogP contribution in [0.25, 0.3) is 0 Å². The molecule has 3 nitrogen and oxygen atoms in total. The molecule has 1 aromatic carbocycles. The zero-order valence-electron chi connectivity index (χ0n) is 11.8. The lowest BCUT2D eigenvalue weighted by Gasteiger charge is -2.29. The van der Waals surface area contributed by atoms with Crippen LogP contribution in [0.4, 0.5) is 0 Å². The normalized spacial score (nSPS) is 13.4. The lowest BCUT2D eigenvalue weighted by atomic mass is 9.98. The molecule has 1 atom stereocenters. The minimum absolute atomic E-state index is 0.322. The molecule has 0 bridgehead atoms. The fourth-order valence-corrected chi connectivity index (χ4v) is 2.98. The standard InChI is InChI=1S/C14H21Br2NO2/c1-5-19-13-11(15)6-10(7-12(13)16)8-17-14(3,4)9(2)18/h6-7,9,17-18H,5,8H2,1-4H3. The Balaban J connectivity index is 2.81. The molecule has 0 aromatic heterocycles. The second-order valence-corrected chi connectivity index (χ2v) is 6.78. The molecule has 0 spiro atoms. The van der Waals surface area contributed by atoms with E-state index in [0.717, 1.165) is 20.3 Å². The van der Waals surface area contributed by atoms with E-state index >= 15 is 0 Å². The number of ether oxygens (including phenoxy) is 1. The summed E-state index contributed by atoms with van der Waals surface area (Å²) in [7, 11) is 0. The Labute approximate surface area is 132 Å². The molecule has 0 fully saturated rings. The van der Waals surface area contributed by atoms with Crippen LogP contribution in [0, 0.1) is 0 Å². The van der Waals surface area contributed by atoms with E-state index in [1.54, 1.807) is 6.92 Å². The summed E-state index contributed by atoms with van der Waals surface area (Å²) < 4.78 is 7.40. The van der Waals surface area contributed by atoms with Crippen molar-refractivity contribution in [3.8, 4) is 5.75 Å². The first-order valence-corrected chi connectivity index (χ1v) is 7.90. The van der Waals surface area contributed by atoms with Crippen molar-refractivity contribution in [1.82, 2.24) is 5.32 Å². The van der Waals surface area contributed by atoms with E-state index in [0.29, 0.717) is 13.2 Å². The highest BCUT2D eigenvalue weighted by atomic mass is 79.9. The highest BCUT2D eigenvalue weighted by Crippen LogP contribution is 2.34. The van der Waals surface area contributed by atoms with Crippen molar-refractivity contribution in [3.05, 3.63) is 26.6 Å². The number of halogens is 2. The number of benzene rings is 1. The second kappa shape index (κ2) is 7.07. The van der Waals surface area contributed by atoms with Crippen LogP contribution < -0.4 is 10.1 Å². The first kappa shape index (κ1) is 17.0. The van der Waals surface area contributed by atoms with Crippen LogP contribution in [0.3, 0.4) is 0 Å². The van der Waals surface area contributed by atoms with Gasteiger partial charge in [0.25, 0.3) is 0 Å². The maximum absolute atomic E-state index is 9.68. The molecular weight excluding hydrogens is 374 g/mol. The quantitative estimate of drug-likeness (QED) is 0.769. The van der Waals surface area contributed by atoms with E-state index in [1.807, 2.05) is 32.9 Å². The van der Waals surface area contributed by atoms with Crippen molar-refractivity contribution in [1.29, 1.82) is 0 Å². The minimum atomic E-state index is -0.415. The van der Waals surface area contributed by atoms with E-state index in [4.69, 9.17) is 4.74 Å². The van der Waals surface area contributed by atoms with Gasteiger partial charge in [0.2, 0.25) is 0 Å². The maximum atomic E-state index is 9.68. The van der Waals surface area contributed by atoms with Gasteiger partial charge in [-0.3, -0.25) is 0 Å². The molecule has 5 heteroatoms. The summed E-state index contributed by atoms with van der Waals surface area (Å²) in [4.78, 5) is 0. The van der Waals surface area contributed by atoms with Gasteiger partial charge in [-0.15, -0.1) is 0 Å². The summed E-state index contributed by atoms with van der Waals surface area (Å²) in [5.41, 5.74) is 0.799. The Kier molecular flexibility index (Phi) is 6.30. The molecule has 0 aliphatic heterocycles. The lowest BCUT2D eigenvalue weighted by molar-refractivity contribution is 0.0956. The Bertz CT molecular complexity index is 410. The van der Waals surface area contributed by atoms with Gasteiger partial charge in [0.1, 0.15) is 5.75 Å². The van der Waals surface area contributed by atoms with Crippen molar-refractivity contribution in [3.63, 3.8) is 0 Å². The third-order valence-electron chi connectivity index (χ3n) is 3.14. The zero-order chi connectivity index (χ0) is 14.6. The number of hydrogen-bond acceptors (Lipinski definition) is 3. The fraction of sp³-hybridized carbons (Fsp3) is 0.571. The van der Waals surface area contributed by atoms with Crippen molar-refractivity contribution < 1.29 is 9.84 Å². The Morgan fingerprint density at radius 2 is 1.84 bits per heavy atom. The summed E-state index contributed by atoms with van der Waals surface area (Å²) >= 11 is 7.03. The third-order valence-corrected chi connectivity index (χ3v) is 4.32. The molecule has 1 unspecified atom stereocenters. The molecule has 0 aliphatic carbocycles. The number of aliphatic hydroxyl groups excluding tert-OH is 1. The summed E-state index contributed by atoms with van der Waals surface area (Å²) in [6.07, 6.45) is -0.415. The minimum Gasteiger partial charge on any atom is -0.492 e. The molecular formula is C14H21Br2NO2. The molecule has 0 saturated carbocycles. The van der Waals surface area contributed by atoms with E-state index in [-0.39, 0.29) is 5.54 Å². The monoisotopic (exact) mass is 393 g/mol. The summed E-state index contributed by atoms with van der Waals surface area (Å²) in [6, 6.07) is 4.06. The topological polar surface area (TPSA) is 41.5 Å². The SMILES string of the molecule is CCOc1c(Br)cc(CNC(C)(C)C(C)O)cc1Br. The van der Waals surface area contributed by atoms with E-state index in [9.17, 15) is 5.11 Å². The summed E-state index contributed by atoms with van der Waals surface area (Å²) in [5, 5.41) is 13.0. The molecule has 0 aliphatic rings. The summed E-state index contributed by atoms with van der Waals surface area (Å²) in [6.45, 7) is 9.02. The molecule has 0 saturated heterocycles. The van der Waals surface area contributed by atoms with Crippen molar-refractivity contribution in [2.45, 2.75) is 45.9 Å². The summed E-state index contributed by atoms with van der Waals surface area (Å²) in [5.74, 6) is 0.820. The van der Waals surface area contributed by atoms with Crippen molar-refractivity contribution in [2.24, 2.45) is 0 Å². The van der Waals surface area contributed by atoms with Crippen LogP contribution >= 0.6 is 31.9 Å². The van der Waals surface area contributed by atoms with Gasteiger partial charge in [0, 0.05) is 12.1 Å². The van der Waals surface area contributed by atoms with Gasteiger partial charge >= 0.3 is 0 Å². The van der Waals surface area contributed by atoms with Crippen molar-refractivity contribution in [2.75, 3.05) is 6.61 Å². The van der Waals surface area contributed by atoms with E-state index in [1.165, 1.54) is 0 Å². The van der Waals surface area contributed by atoms with Gasteiger partial charge in [-0.2, -0.15) is 0 Å². The van der Waals surface area contributed by atoms with Gasteiger partial charge in [-0.05, 0) is 77.3 Å². The van der Waals surface area contributed by atoms with Gasteiger partial charge in [-0.25, -0.2) is 0 Å². The van der Waals surface area contributed by atoms with Crippen molar-refractivity contribution >= 4 is 31.9 Å². The maximum Gasteiger partial charge on any atom is 0.147 e. The molecule has 0 amide bonds. The molecule has 0 heterocycles. The number of aliphatic hydroxyl groups is 1. The largest absolute Gasteiger partial charge is 0.492 e. The number of nitrogens with one attached hydrogen (secondary N) is 1. The average molecular weight is 395 g/mol. The van der Waals surface area contributed by atoms with Crippen LogP contribution in [0.1, 0.15) is 33.3 Å². The Morgan fingerprint density at radius 3 is 2.26 bits per heavy atom. The first-order valence-electron chi connectivity index (χ1n) is 6.31. The van der Waals surface area contributed by atoms with Crippen LogP contribution in [0.2, 0.25) is 0 Å². The Hall–Kier alpha value is -0.100. The Morgan fingerprint density at radius 1 is 1.32 bits per heavy atom. The number of hydrogen-bond donors (Lipinski definition) is 2. The van der Waals surface area contributed by atoms with Gasteiger partial charge in [-0.1, -0.05) is 0 Å². The molecule has 108 valence electrons. The predicted octanol–water partition coefficient (Wildman–Crippen LogP) is 3.86. The van der Waals surface area contributed by atoms with Gasteiger partial charge < -0.3 is 15.2 Å². The molecule has 1 aromatic rings. The van der Waals surface area contributed by atoms with E-state index in [2.05, 4.69) is 37.2 Å². The van der Waals surface area contributed by atoms with Gasteiger partial charge in [0.15, 0.2) is 0 Å². The molecule has 0 radical (unpaired) electrons. The number of rotatable bonds is 6. The van der Waals surface area contributed by atoms with Crippen LogP contribution in [0.15, 0.2) is 21.1 Å². The van der Waals surface area contributed by atoms with Crippen LogP contribution in [-0.2, 0) is 6.54 Å². The molecule has 1 rings (SSSR count). The average Bonchev–Trinajstić information content (AvgIpc) is 2.31. The van der Waals surface area contributed by atoms with Crippen LogP contribution in [-0.4, -0.2) is 23.4 Å². The van der Waals surface area contributed by atoms with E-state index < -0.39 is 6.10 Å². The van der Waals surface area contributed by atoms with Crippen LogP contribution in [0.5, 0.6) is 5.75 Å². The third kappa shape index (κ3) is 4.74. The zero-order valence-corrected chi connectivity index (χ0v) is 14.9. The fourth-order valence-electron chi connectivity index (χ4n) is 1.47. The predicted molar refractivity (Wildman–Crippen MR) is 85.6 cm³/mol. The smallest absolute Gasteiger partial charge is 0.147 e. The van der Waals surface area contributed by atoms with Gasteiger partial charge in [0.05, 0.1) is 21.7 Å². The second-order valence-electron chi connectivity index (χ2n) is 5.07. The molecule has 2 N–H and O–H groups in total. The highest BCUT2D eigenvalue weighted by Gasteiger charge is 2.23. The first-order chi connectivity index (χ1) is 8.77. The molecule has 19 heavy (non-hydrogen) atoms. The highest BCUT2D eigenvalue weighted by molar-refractivity contribution is 9.11. The lowest BCUT2D eigenvalue weighted by Crippen LogP contribution is -2.47.